The molecule has 21 heavy (non-hydrogen) atoms. The molecule has 0 saturated heterocycles. The number of anilines is 1. The molecule has 1 saturated carbocycles. The van der Waals surface area contributed by atoms with Crippen molar-refractivity contribution in [3.8, 4) is 0 Å². The maximum atomic E-state index is 4.68. The lowest BCUT2D eigenvalue weighted by molar-refractivity contribution is 0.417. The van der Waals surface area contributed by atoms with Crippen LogP contribution in [0.15, 0.2) is 6.33 Å². The normalized spacial score (nSPS) is 16.5. The van der Waals surface area contributed by atoms with E-state index in [1.165, 1.54) is 47.9 Å². The molecule has 114 valence electrons. The lowest BCUT2D eigenvalue weighted by Gasteiger charge is -2.35. The van der Waals surface area contributed by atoms with Crippen LogP contribution in [0.5, 0.6) is 0 Å². The first-order chi connectivity index (χ1) is 10.2. The molecule has 3 nitrogen and oxygen atoms in total. The van der Waals surface area contributed by atoms with Gasteiger partial charge in [-0.25, -0.2) is 9.97 Å². The van der Waals surface area contributed by atoms with Gasteiger partial charge in [-0.15, -0.1) is 11.3 Å². The summed E-state index contributed by atoms with van der Waals surface area (Å²) in [6.07, 6.45) is 8.39. The van der Waals surface area contributed by atoms with Gasteiger partial charge in [0.05, 0.1) is 5.39 Å². The number of aromatic nitrogens is 2. The smallest absolute Gasteiger partial charge is 0.141 e. The predicted molar refractivity (Wildman–Crippen MR) is 94.9 cm³/mol. The van der Waals surface area contributed by atoms with Gasteiger partial charge in [-0.05, 0) is 32.3 Å². The number of hydrogen-bond donors (Lipinski definition) is 0. The molecule has 1 fully saturated rings. The molecule has 2 heterocycles. The molecule has 3 rings (SSSR count). The molecule has 0 aliphatic heterocycles. The van der Waals surface area contributed by atoms with Gasteiger partial charge in [0, 0.05) is 22.8 Å². The van der Waals surface area contributed by atoms with Crippen LogP contribution in [0.4, 0.5) is 5.82 Å². The van der Waals surface area contributed by atoms with Crippen molar-refractivity contribution in [2.24, 2.45) is 0 Å². The summed E-state index contributed by atoms with van der Waals surface area (Å²) < 4.78 is 0. The number of alkyl halides is 1. The van der Waals surface area contributed by atoms with Crippen LogP contribution < -0.4 is 4.90 Å². The fraction of sp³-hybridized carbons (Fsp3) is 0.625. The zero-order valence-electron chi connectivity index (χ0n) is 12.7. The van der Waals surface area contributed by atoms with Gasteiger partial charge in [-0.1, -0.05) is 35.2 Å². The average Bonchev–Trinajstić information content (AvgIpc) is 2.81. The van der Waals surface area contributed by atoms with Gasteiger partial charge >= 0.3 is 0 Å². The molecule has 1 aliphatic carbocycles. The molecule has 2 aromatic heterocycles. The molecule has 0 amide bonds. The van der Waals surface area contributed by atoms with Crippen LogP contribution >= 0.6 is 27.3 Å². The van der Waals surface area contributed by atoms with E-state index in [9.17, 15) is 0 Å². The maximum absolute atomic E-state index is 4.68. The molecule has 0 radical (unpaired) electrons. The Hall–Kier alpha value is -0.680. The van der Waals surface area contributed by atoms with Crippen molar-refractivity contribution < 1.29 is 0 Å². The van der Waals surface area contributed by atoms with Gasteiger partial charge in [0.2, 0.25) is 0 Å². The summed E-state index contributed by atoms with van der Waals surface area (Å²) in [6, 6.07) is 0.633. The third-order valence-electron chi connectivity index (χ3n) is 4.56. The lowest BCUT2D eigenvalue weighted by atomic mass is 9.94. The van der Waals surface area contributed by atoms with E-state index in [4.69, 9.17) is 0 Å². The number of fused-ring (bicyclic) bond motifs is 1. The summed E-state index contributed by atoms with van der Waals surface area (Å²) in [5, 5.41) is 2.25. The fourth-order valence-corrected chi connectivity index (χ4v) is 4.70. The van der Waals surface area contributed by atoms with Gasteiger partial charge in [0.25, 0.3) is 0 Å². The summed E-state index contributed by atoms with van der Waals surface area (Å²) in [5.74, 6) is 1.15. The molecule has 5 heteroatoms. The molecule has 0 aromatic carbocycles. The van der Waals surface area contributed by atoms with E-state index in [0.717, 1.165) is 22.5 Å². The Kier molecular flexibility index (Phi) is 4.79. The van der Waals surface area contributed by atoms with Crippen LogP contribution in [0.25, 0.3) is 10.2 Å². The summed E-state index contributed by atoms with van der Waals surface area (Å²) in [7, 11) is 0. The third-order valence-corrected chi connectivity index (χ3v) is 6.03. The Labute approximate surface area is 138 Å². The minimum absolute atomic E-state index is 0.633. The Balaban J connectivity index is 2.06. The molecule has 2 aromatic rings. The summed E-state index contributed by atoms with van der Waals surface area (Å²) in [6.45, 7) is 5.40. The molecular formula is C16H22BrN3S. The second-order valence-electron chi connectivity index (χ2n) is 5.83. The SMILES string of the molecule is Cc1sc2ncnc(N(CCBr)C3CCCCC3)c2c1C. The van der Waals surface area contributed by atoms with Crippen LogP contribution in [-0.2, 0) is 0 Å². The molecule has 1 aliphatic rings. The van der Waals surface area contributed by atoms with Crippen LogP contribution in [0.2, 0.25) is 0 Å². The minimum atomic E-state index is 0.633. The van der Waals surface area contributed by atoms with E-state index in [1.807, 2.05) is 0 Å². The van der Waals surface area contributed by atoms with Crippen molar-refractivity contribution in [2.45, 2.75) is 52.0 Å². The summed E-state index contributed by atoms with van der Waals surface area (Å²) in [5.41, 5.74) is 1.35. The third kappa shape index (κ3) is 2.95. The monoisotopic (exact) mass is 367 g/mol. The van der Waals surface area contributed by atoms with Gasteiger partial charge in [0.1, 0.15) is 17.0 Å². The second-order valence-corrected chi connectivity index (χ2v) is 7.83. The molecule has 0 unspecified atom stereocenters. The average molecular weight is 368 g/mol. The fourth-order valence-electron chi connectivity index (χ4n) is 3.33. The van der Waals surface area contributed by atoms with Crippen molar-refractivity contribution in [1.29, 1.82) is 0 Å². The highest BCUT2D eigenvalue weighted by atomic mass is 79.9. The molecule has 0 bridgehead atoms. The van der Waals surface area contributed by atoms with Gasteiger partial charge < -0.3 is 4.90 Å². The zero-order valence-corrected chi connectivity index (χ0v) is 15.1. The van der Waals surface area contributed by atoms with Gasteiger partial charge in [0.15, 0.2) is 0 Å². The van der Waals surface area contributed by atoms with Crippen molar-refractivity contribution >= 4 is 43.3 Å². The topological polar surface area (TPSA) is 29.0 Å². The van der Waals surface area contributed by atoms with E-state index in [-0.39, 0.29) is 0 Å². The van der Waals surface area contributed by atoms with Crippen molar-refractivity contribution in [3.63, 3.8) is 0 Å². The highest BCUT2D eigenvalue weighted by Gasteiger charge is 2.25. The highest BCUT2D eigenvalue weighted by molar-refractivity contribution is 9.09. The quantitative estimate of drug-likeness (QED) is 0.723. The summed E-state index contributed by atoms with van der Waals surface area (Å²) in [4.78, 5) is 14.2. The van der Waals surface area contributed by atoms with Gasteiger partial charge in [-0.3, -0.25) is 0 Å². The number of rotatable bonds is 4. The molecule has 0 spiro atoms. The van der Waals surface area contributed by atoms with E-state index in [0.29, 0.717) is 6.04 Å². The molecular weight excluding hydrogens is 346 g/mol. The molecule has 0 N–H and O–H groups in total. The van der Waals surface area contributed by atoms with E-state index in [2.05, 4.69) is 44.6 Å². The van der Waals surface area contributed by atoms with Crippen molar-refractivity contribution in [1.82, 2.24) is 9.97 Å². The van der Waals surface area contributed by atoms with Crippen molar-refractivity contribution in [2.75, 3.05) is 16.8 Å². The zero-order chi connectivity index (χ0) is 14.8. The van der Waals surface area contributed by atoms with Crippen molar-refractivity contribution in [3.05, 3.63) is 16.8 Å². The second kappa shape index (κ2) is 6.61. The lowest BCUT2D eigenvalue weighted by Crippen LogP contribution is -2.39. The van der Waals surface area contributed by atoms with E-state index >= 15 is 0 Å². The first-order valence-electron chi connectivity index (χ1n) is 7.75. The van der Waals surface area contributed by atoms with Crippen LogP contribution in [0, 0.1) is 13.8 Å². The Morgan fingerprint density at radius 1 is 1.24 bits per heavy atom. The van der Waals surface area contributed by atoms with E-state index in [1.54, 1.807) is 17.7 Å². The molecule has 0 atom stereocenters. The summed E-state index contributed by atoms with van der Waals surface area (Å²) >= 11 is 5.40. The maximum Gasteiger partial charge on any atom is 0.141 e. The van der Waals surface area contributed by atoms with Gasteiger partial charge in [-0.2, -0.15) is 0 Å². The predicted octanol–water partition coefficient (Wildman–Crippen LogP) is 4.84. The Morgan fingerprint density at radius 2 is 2.00 bits per heavy atom. The standard InChI is InChI=1S/C16H22BrN3S/c1-11-12(2)21-16-14(11)15(18-10-19-16)20(9-8-17)13-6-4-3-5-7-13/h10,13H,3-9H2,1-2H3. The van der Waals surface area contributed by atoms with Crippen LogP contribution in [-0.4, -0.2) is 27.9 Å². The largest absolute Gasteiger partial charge is 0.352 e. The first kappa shape index (κ1) is 15.2. The number of aryl methyl sites for hydroxylation is 2. The highest BCUT2D eigenvalue weighted by Crippen LogP contribution is 2.36. The number of hydrogen-bond acceptors (Lipinski definition) is 4. The number of thiophene rings is 1. The van der Waals surface area contributed by atoms with Crippen LogP contribution in [0.3, 0.4) is 0 Å². The Morgan fingerprint density at radius 3 is 2.71 bits per heavy atom. The van der Waals surface area contributed by atoms with E-state index < -0.39 is 0 Å². The number of nitrogens with zero attached hydrogens (tertiary/aromatic N) is 3. The Bertz CT molecular complexity index is 619. The minimum Gasteiger partial charge on any atom is -0.352 e. The number of halogens is 1. The first-order valence-corrected chi connectivity index (χ1v) is 9.69. The van der Waals surface area contributed by atoms with Crippen LogP contribution in [0.1, 0.15) is 42.5 Å².